The predicted octanol–water partition coefficient (Wildman–Crippen LogP) is 2.49. The lowest BCUT2D eigenvalue weighted by Crippen LogP contribution is -2.29. The molecule has 1 saturated carbocycles. The largest absolute Gasteiger partial charge is 0.462 e. The van der Waals surface area contributed by atoms with Gasteiger partial charge >= 0.3 is 5.97 Å². The van der Waals surface area contributed by atoms with Crippen LogP contribution in [-0.2, 0) is 11.2 Å². The average Bonchev–Trinajstić information content (AvgIpc) is 2.84. The molecule has 5 nitrogen and oxygen atoms in total. The second kappa shape index (κ2) is 6.88. The molecule has 1 fully saturated rings. The number of hydrogen-bond acceptors (Lipinski definition) is 4. The van der Waals surface area contributed by atoms with E-state index in [0.29, 0.717) is 12.2 Å². The van der Waals surface area contributed by atoms with Gasteiger partial charge in [-0.3, -0.25) is 4.68 Å². The summed E-state index contributed by atoms with van der Waals surface area (Å²) < 4.78 is 6.95. The van der Waals surface area contributed by atoms with Crippen LogP contribution in [0.15, 0.2) is 6.20 Å². The molecule has 0 radical (unpaired) electrons. The summed E-state index contributed by atoms with van der Waals surface area (Å²) in [7, 11) is 0. The number of ether oxygens (including phenoxy) is 1. The molecule has 5 heteroatoms. The van der Waals surface area contributed by atoms with Gasteiger partial charge in [-0.15, -0.1) is 0 Å². The fourth-order valence-electron chi connectivity index (χ4n) is 2.92. The van der Waals surface area contributed by atoms with Gasteiger partial charge in [0.15, 0.2) is 0 Å². The second-order valence-electron chi connectivity index (χ2n) is 5.34. The van der Waals surface area contributed by atoms with Crippen LogP contribution < -0.4 is 0 Å². The molecule has 1 aliphatic rings. The fourth-order valence-corrected chi connectivity index (χ4v) is 2.92. The van der Waals surface area contributed by atoms with E-state index in [2.05, 4.69) is 12.0 Å². The fraction of sp³-hybridized carbons (Fsp3) is 0.733. The molecule has 2 rings (SSSR count). The molecule has 1 N–H and O–H groups in total. The maximum absolute atomic E-state index is 12.0. The van der Waals surface area contributed by atoms with Crippen LogP contribution in [0.25, 0.3) is 0 Å². The Bertz CT molecular complexity index is 456. The summed E-state index contributed by atoms with van der Waals surface area (Å²) in [5, 5.41) is 14.6. The third kappa shape index (κ3) is 3.03. The molecule has 0 bridgehead atoms. The van der Waals surface area contributed by atoms with E-state index >= 15 is 0 Å². The number of aliphatic hydroxyl groups is 1. The van der Waals surface area contributed by atoms with E-state index in [1.165, 1.54) is 0 Å². The van der Waals surface area contributed by atoms with Crippen LogP contribution >= 0.6 is 0 Å². The van der Waals surface area contributed by atoms with Gasteiger partial charge < -0.3 is 9.84 Å². The van der Waals surface area contributed by atoms with Crippen LogP contribution in [0, 0.1) is 0 Å². The molecule has 1 aromatic heterocycles. The maximum atomic E-state index is 12.0. The van der Waals surface area contributed by atoms with Gasteiger partial charge in [-0.25, -0.2) is 4.79 Å². The van der Waals surface area contributed by atoms with Gasteiger partial charge in [0.05, 0.1) is 30.6 Å². The van der Waals surface area contributed by atoms with Crippen molar-refractivity contribution >= 4 is 5.97 Å². The first-order valence-electron chi connectivity index (χ1n) is 7.60. The highest BCUT2D eigenvalue weighted by Crippen LogP contribution is 2.30. The van der Waals surface area contributed by atoms with Gasteiger partial charge in [-0.1, -0.05) is 26.2 Å². The number of aromatic nitrogens is 2. The number of nitrogens with zero attached hydrogens (tertiary/aromatic N) is 2. The van der Waals surface area contributed by atoms with Gasteiger partial charge in [0.1, 0.15) is 5.56 Å². The summed E-state index contributed by atoms with van der Waals surface area (Å²) >= 11 is 0. The molecule has 1 aromatic rings. The minimum absolute atomic E-state index is 0.00604. The minimum Gasteiger partial charge on any atom is -0.462 e. The Kier molecular flexibility index (Phi) is 5.17. The Hall–Kier alpha value is -1.36. The summed E-state index contributed by atoms with van der Waals surface area (Å²) in [6.07, 6.45) is 6.82. The van der Waals surface area contributed by atoms with Crippen LogP contribution in [0.3, 0.4) is 0 Å². The highest BCUT2D eigenvalue weighted by Gasteiger charge is 2.29. The first-order valence-corrected chi connectivity index (χ1v) is 7.60. The van der Waals surface area contributed by atoms with Crippen molar-refractivity contribution in [2.75, 3.05) is 6.61 Å². The van der Waals surface area contributed by atoms with E-state index in [0.717, 1.165) is 44.2 Å². The van der Waals surface area contributed by atoms with E-state index < -0.39 is 0 Å². The van der Waals surface area contributed by atoms with Crippen molar-refractivity contribution in [1.82, 2.24) is 9.78 Å². The lowest BCUT2D eigenvalue weighted by molar-refractivity contribution is 0.0520. The number of carbonyl (C=O) groups excluding carboxylic acids is 1. The lowest BCUT2D eigenvalue weighted by atomic mass is 9.92. The number of hydrogen-bond donors (Lipinski definition) is 1. The Balaban J connectivity index is 2.30. The molecular formula is C15H24N2O3. The van der Waals surface area contributed by atoms with Gasteiger partial charge in [0, 0.05) is 0 Å². The van der Waals surface area contributed by atoms with E-state index in [1.807, 2.05) is 4.68 Å². The molecule has 2 unspecified atom stereocenters. The molecule has 0 spiro atoms. The molecule has 2 atom stereocenters. The van der Waals surface area contributed by atoms with Gasteiger partial charge in [-0.05, 0) is 26.2 Å². The third-order valence-electron chi connectivity index (χ3n) is 3.89. The number of esters is 1. The first kappa shape index (κ1) is 15.0. The molecule has 0 aromatic carbocycles. The maximum Gasteiger partial charge on any atom is 0.341 e. The molecule has 0 amide bonds. The number of aliphatic hydroxyl groups excluding tert-OH is 1. The van der Waals surface area contributed by atoms with Gasteiger partial charge in [0.25, 0.3) is 0 Å². The van der Waals surface area contributed by atoms with Crippen molar-refractivity contribution in [3.63, 3.8) is 0 Å². The Morgan fingerprint density at radius 2 is 2.20 bits per heavy atom. The van der Waals surface area contributed by atoms with Crippen molar-refractivity contribution < 1.29 is 14.6 Å². The van der Waals surface area contributed by atoms with Crippen molar-refractivity contribution in [2.45, 2.75) is 64.5 Å². The van der Waals surface area contributed by atoms with Crippen LogP contribution in [0.5, 0.6) is 0 Å². The molecule has 112 valence electrons. The quantitative estimate of drug-likeness (QED) is 0.842. The van der Waals surface area contributed by atoms with Crippen molar-refractivity contribution in [3.8, 4) is 0 Å². The summed E-state index contributed by atoms with van der Waals surface area (Å²) in [4.78, 5) is 12.0. The van der Waals surface area contributed by atoms with Crippen LogP contribution in [-0.4, -0.2) is 33.6 Å². The lowest BCUT2D eigenvalue weighted by Gasteiger charge is -2.29. The minimum atomic E-state index is -0.366. The molecule has 20 heavy (non-hydrogen) atoms. The van der Waals surface area contributed by atoms with Gasteiger partial charge in [-0.2, -0.15) is 5.10 Å². The number of carbonyl (C=O) groups is 1. The molecule has 0 aliphatic heterocycles. The van der Waals surface area contributed by atoms with Crippen molar-refractivity contribution in [3.05, 3.63) is 17.5 Å². The first-order chi connectivity index (χ1) is 9.69. The monoisotopic (exact) mass is 280 g/mol. The molecule has 1 aliphatic carbocycles. The number of rotatable bonds is 5. The summed E-state index contributed by atoms with van der Waals surface area (Å²) in [5.74, 6) is -0.313. The normalized spacial score (nSPS) is 22.8. The van der Waals surface area contributed by atoms with Crippen LogP contribution in [0.1, 0.15) is 68.0 Å². The predicted molar refractivity (Wildman–Crippen MR) is 75.7 cm³/mol. The van der Waals surface area contributed by atoms with E-state index in [-0.39, 0.29) is 18.1 Å². The van der Waals surface area contributed by atoms with Crippen LogP contribution in [0.2, 0.25) is 0 Å². The zero-order valence-electron chi connectivity index (χ0n) is 12.3. The summed E-state index contributed by atoms with van der Waals surface area (Å²) in [6.45, 7) is 4.23. The Morgan fingerprint density at radius 1 is 1.45 bits per heavy atom. The molecule has 0 saturated heterocycles. The smallest absolute Gasteiger partial charge is 0.341 e. The standard InChI is InChI=1S/C15H24N2O3/c1-3-7-12-11(15(19)20-4-2)10-16-17(12)13-8-5-6-9-14(13)18/h10,13-14,18H,3-9H2,1-2H3. The average molecular weight is 280 g/mol. The Labute approximate surface area is 119 Å². The highest BCUT2D eigenvalue weighted by molar-refractivity contribution is 5.90. The van der Waals surface area contributed by atoms with E-state index in [9.17, 15) is 9.90 Å². The van der Waals surface area contributed by atoms with Crippen molar-refractivity contribution in [2.24, 2.45) is 0 Å². The van der Waals surface area contributed by atoms with Crippen LogP contribution in [0.4, 0.5) is 0 Å². The Morgan fingerprint density at radius 3 is 2.85 bits per heavy atom. The third-order valence-corrected chi connectivity index (χ3v) is 3.89. The highest BCUT2D eigenvalue weighted by atomic mass is 16.5. The van der Waals surface area contributed by atoms with Crippen molar-refractivity contribution in [1.29, 1.82) is 0 Å². The summed E-state index contributed by atoms with van der Waals surface area (Å²) in [5.41, 5.74) is 1.45. The van der Waals surface area contributed by atoms with E-state index in [4.69, 9.17) is 4.74 Å². The SMILES string of the molecule is CCCc1c(C(=O)OCC)cnn1C1CCCCC1O. The van der Waals surface area contributed by atoms with Gasteiger partial charge in [0.2, 0.25) is 0 Å². The topological polar surface area (TPSA) is 64.3 Å². The zero-order valence-corrected chi connectivity index (χ0v) is 12.3. The molecule has 1 heterocycles. The second-order valence-corrected chi connectivity index (χ2v) is 5.34. The summed E-state index contributed by atoms with van der Waals surface area (Å²) in [6, 6.07) is -0.00604. The zero-order chi connectivity index (χ0) is 14.5. The molecular weight excluding hydrogens is 256 g/mol. The van der Waals surface area contributed by atoms with E-state index in [1.54, 1.807) is 13.1 Å².